The van der Waals surface area contributed by atoms with Crippen LogP contribution < -0.4 is 5.73 Å². The Hall–Kier alpha value is -1.55. The van der Waals surface area contributed by atoms with Gasteiger partial charge in [-0.05, 0) is 31.9 Å². The average molecular weight is 299 g/mol. The number of nitrogens with two attached hydrogens (primary N) is 1. The van der Waals surface area contributed by atoms with E-state index in [2.05, 4.69) is 36.2 Å². The standard InChI is InChI=1S/C17H21N3S/c1-12-5-4-8-14(9-12)21-11-17-19-15(10-16(18)20-17)13-6-2-3-7-13/h4-5,8-10,13H,2-3,6-7,11H2,1H3,(H2,18,19,20). The van der Waals surface area contributed by atoms with Crippen LogP contribution in [0, 0.1) is 6.92 Å². The van der Waals surface area contributed by atoms with Crippen molar-refractivity contribution in [3.63, 3.8) is 0 Å². The van der Waals surface area contributed by atoms with Crippen LogP contribution in [0.1, 0.15) is 48.7 Å². The van der Waals surface area contributed by atoms with E-state index in [4.69, 9.17) is 10.7 Å². The highest BCUT2D eigenvalue weighted by Gasteiger charge is 2.19. The molecule has 1 saturated carbocycles. The highest BCUT2D eigenvalue weighted by molar-refractivity contribution is 7.98. The Labute approximate surface area is 130 Å². The van der Waals surface area contributed by atoms with Gasteiger partial charge in [-0.25, -0.2) is 9.97 Å². The number of hydrogen-bond donors (Lipinski definition) is 1. The van der Waals surface area contributed by atoms with Crippen LogP contribution in [0.3, 0.4) is 0 Å². The smallest absolute Gasteiger partial charge is 0.141 e. The topological polar surface area (TPSA) is 51.8 Å². The Morgan fingerprint density at radius 2 is 2.00 bits per heavy atom. The summed E-state index contributed by atoms with van der Waals surface area (Å²) in [5.74, 6) is 2.81. The number of nitrogens with zero attached hydrogens (tertiary/aromatic N) is 2. The zero-order chi connectivity index (χ0) is 14.7. The van der Waals surface area contributed by atoms with Crippen LogP contribution in [0.15, 0.2) is 35.2 Å². The summed E-state index contributed by atoms with van der Waals surface area (Å²) in [5, 5.41) is 0. The molecule has 0 saturated heterocycles. The molecule has 1 heterocycles. The lowest BCUT2D eigenvalue weighted by Gasteiger charge is -2.11. The van der Waals surface area contributed by atoms with Gasteiger partial charge in [0.2, 0.25) is 0 Å². The third-order valence-electron chi connectivity index (χ3n) is 3.94. The molecule has 0 amide bonds. The van der Waals surface area contributed by atoms with E-state index in [-0.39, 0.29) is 0 Å². The minimum Gasteiger partial charge on any atom is -0.384 e. The van der Waals surface area contributed by atoms with Gasteiger partial charge in [-0.2, -0.15) is 0 Å². The van der Waals surface area contributed by atoms with Gasteiger partial charge in [0.05, 0.1) is 5.75 Å². The lowest BCUT2D eigenvalue weighted by molar-refractivity contribution is 0.689. The first-order valence-corrected chi connectivity index (χ1v) is 8.52. The molecule has 4 heteroatoms. The number of aryl methyl sites for hydroxylation is 1. The second-order valence-corrected chi connectivity index (χ2v) is 6.77. The number of rotatable bonds is 4. The first-order chi connectivity index (χ1) is 10.2. The van der Waals surface area contributed by atoms with Crippen molar-refractivity contribution in [3.8, 4) is 0 Å². The van der Waals surface area contributed by atoms with Crippen LogP contribution in [0.2, 0.25) is 0 Å². The number of nitrogen functional groups attached to an aromatic ring is 1. The zero-order valence-electron chi connectivity index (χ0n) is 12.4. The first kappa shape index (κ1) is 14.4. The molecule has 0 aliphatic heterocycles. The molecule has 0 radical (unpaired) electrons. The Morgan fingerprint density at radius 1 is 1.19 bits per heavy atom. The number of benzene rings is 1. The molecule has 0 unspecified atom stereocenters. The number of hydrogen-bond acceptors (Lipinski definition) is 4. The molecule has 1 aromatic heterocycles. The van der Waals surface area contributed by atoms with E-state index in [1.54, 1.807) is 11.8 Å². The second kappa shape index (κ2) is 6.48. The fourth-order valence-electron chi connectivity index (χ4n) is 2.89. The summed E-state index contributed by atoms with van der Waals surface area (Å²) >= 11 is 1.77. The van der Waals surface area contributed by atoms with E-state index in [1.165, 1.54) is 36.1 Å². The molecule has 21 heavy (non-hydrogen) atoms. The number of thioether (sulfide) groups is 1. The zero-order valence-corrected chi connectivity index (χ0v) is 13.2. The van der Waals surface area contributed by atoms with Gasteiger partial charge in [-0.3, -0.25) is 0 Å². The average Bonchev–Trinajstić information content (AvgIpc) is 2.99. The summed E-state index contributed by atoms with van der Waals surface area (Å²) in [5.41, 5.74) is 8.38. The molecule has 3 rings (SSSR count). The second-order valence-electron chi connectivity index (χ2n) is 5.72. The molecular formula is C17H21N3S. The summed E-state index contributed by atoms with van der Waals surface area (Å²) in [6.07, 6.45) is 5.09. The minimum absolute atomic E-state index is 0.581. The van der Waals surface area contributed by atoms with Crippen molar-refractivity contribution >= 4 is 17.6 Å². The van der Waals surface area contributed by atoms with E-state index in [0.717, 1.165) is 17.3 Å². The highest BCUT2D eigenvalue weighted by Crippen LogP contribution is 2.34. The lowest BCUT2D eigenvalue weighted by atomic mass is 10.0. The molecule has 3 nitrogen and oxygen atoms in total. The van der Waals surface area contributed by atoms with Gasteiger partial charge in [-0.15, -0.1) is 11.8 Å². The van der Waals surface area contributed by atoms with Gasteiger partial charge >= 0.3 is 0 Å². The Bertz CT molecular complexity index is 621. The van der Waals surface area contributed by atoms with E-state index in [9.17, 15) is 0 Å². The monoisotopic (exact) mass is 299 g/mol. The third-order valence-corrected chi connectivity index (χ3v) is 4.93. The summed E-state index contributed by atoms with van der Waals surface area (Å²) < 4.78 is 0. The minimum atomic E-state index is 0.581. The van der Waals surface area contributed by atoms with Crippen LogP contribution in [-0.2, 0) is 5.75 Å². The lowest BCUT2D eigenvalue weighted by Crippen LogP contribution is -2.05. The predicted octanol–water partition coefficient (Wildman–Crippen LogP) is 4.32. The van der Waals surface area contributed by atoms with Crippen molar-refractivity contribution in [3.05, 3.63) is 47.4 Å². The van der Waals surface area contributed by atoms with E-state index < -0.39 is 0 Å². The van der Waals surface area contributed by atoms with Gasteiger partial charge in [0.15, 0.2) is 0 Å². The summed E-state index contributed by atoms with van der Waals surface area (Å²) in [6.45, 7) is 2.11. The van der Waals surface area contributed by atoms with E-state index in [1.807, 2.05) is 6.07 Å². The molecular weight excluding hydrogens is 278 g/mol. The largest absolute Gasteiger partial charge is 0.384 e. The van der Waals surface area contributed by atoms with Crippen LogP contribution in [0.5, 0.6) is 0 Å². The van der Waals surface area contributed by atoms with Gasteiger partial charge in [0.25, 0.3) is 0 Å². The summed E-state index contributed by atoms with van der Waals surface area (Å²) in [6, 6.07) is 10.5. The Kier molecular flexibility index (Phi) is 4.44. The van der Waals surface area contributed by atoms with Crippen molar-refractivity contribution in [2.24, 2.45) is 0 Å². The Balaban J connectivity index is 1.72. The molecule has 2 N–H and O–H groups in total. The molecule has 110 valence electrons. The fraction of sp³-hybridized carbons (Fsp3) is 0.412. The Morgan fingerprint density at radius 3 is 2.76 bits per heavy atom. The van der Waals surface area contributed by atoms with E-state index >= 15 is 0 Å². The van der Waals surface area contributed by atoms with Crippen molar-refractivity contribution in [1.82, 2.24) is 9.97 Å². The van der Waals surface area contributed by atoms with Crippen molar-refractivity contribution in [2.75, 3.05) is 5.73 Å². The molecule has 1 fully saturated rings. The maximum Gasteiger partial charge on any atom is 0.141 e. The van der Waals surface area contributed by atoms with Gasteiger partial charge < -0.3 is 5.73 Å². The third kappa shape index (κ3) is 3.76. The molecule has 1 aliphatic rings. The van der Waals surface area contributed by atoms with Crippen LogP contribution in [0.4, 0.5) is 5.82 Å². The highest BCUT2D eigenvalue weighted by atomic mass is 32.2. The van der Waals surface area contributed by atoms with Gasteiger partial charge in [0, 0.05) is 22.6 Å². The maximum absolute atomic E-state index is 5.96. The van der Waals surface area contributed by atoms with Gasteiger partial charge in [0.1, 0.15) is 11.6 Å². The number of aromatic nitrogens is 2. The van der Waals surface area contributed by atoms with Crippen LogP contribution >= 0.6 is 11.8 Å². The van der Waals surface area contributed by atoms with Crippen LogP contribution in [-0.4, -0.2) is 9.97 Å². The number of anilines is 1. The van der Waals surface area contributed by atoms with Crippen LogP contribution in [0.25, 0.3) is 0 Å². The first-order valence-electron chi connectivity index (χ1n) is 7.53. The quantitative estimate of drug-likeness (QED) is 0.854. The molecule has 1 aliphatic carbocycles. The molecule has 0 spiro atoms. The maximum atomic E-state index is 5.96. The predicted molar refractivity (Wildman–Crippen MR) is 88.4 cm³/mol. The van der Waals surface area contributed by atoms with Crippen molar-refractivity contribution in [1.29, 1.82) is 0 Å². The summed E-state index contributed by atoms with van der Waals surface area (Å²) in [7, 11) is 0. The molecule has 1 aromatic carbocycles. The van der Waals surface area contributed by atoms with Crippen molar-refractivity contribution in [2.45, 2.75) is 49.2 Å². The fourth-order valence-corrected chi connectivity index (χ4v) is 3.76. The van der Waals surface area contributed by atoms with E-state index in [0.29, 0.717) is 11.7 Å². The van der Waals surface area contributed by atoms with Crippen molar-refractivity contribution < 1.29 is 0 Å². The molecule has 2 aromatic rings. The van der Waals surface area contributed by atoms with Gasteiger partial charge in [-0.1, -0.05) is 30.5 Å². The normalized spacial score (nSPS) is 15.5. The molecule has 0 bridgehead atoms. The molecule has 0 atom stereocenters. The summed E-state index contributed by atoms with van der Waals surface area (Å²) in [4.78, 5) is 10.4. The SMILES string of the molecule is Cc1cccc(SCc2nc(N)cc(C3CCCC3)n2)c1.